The molecular weight excluding hydrogens is 202 g/mol. The first kappa shape index (κ1) is 13.5. The molecule has 1 amide bonds. The Bertz CT molecular complexity index is 240. The average Bonchev–Trinajstić information content (AvgIpc) is 2.24. The predicted octanol–water partition coefficient (Wildman–Crippen LogP) is 0.572. The van der Waals surface area contributed by atoms with E-state index in [9.17, 15) is 4.79 Å². The Labute approximate surface area is 98.6 Å². The number of hydrogen-bond acceptors (Lipinski definition) is 3. The summed E-state index contributed by atoms with van der Waals surface area (Å²) in [7, 11) is 0. The summed E-state index contributed by atoms with van der Waals surface area (Å²) in [6.45, 7) is 9.84. The van der Waals surface area contributed by atoms with Crippen molar-refractivity contribution in [2.75, 3.05) is 26.2 Å². The molecule has 1 atom stereocenters. The van der Waals surface area contributed by atoms with Crippen LogP contribution in [0.3, 0.4) is 0 Å². The number of rotatable bonds is 5. The average molecular weight is 227 g/mol. The van der Waals surface area contributed by atoms with Crippen LogP contribution in [0.1, 0.15) is 33.6 Å². The molecule has 0 spiro atoms. The van der Waals surface area contributed by atoms with Gasteiger partial charge in [-0.2, -0.15) is 0 Å². The molecule has 0 saturated carbocycles. The van der Waals surface area contributed by atoms with E-state index in [-0.39, 0.29) is 17.4 Å². The molecule has 0 radical (unpaired) electrons. The second-order valence-corrected chi connectivity index (χ2v) is 5.47. The lowest BCUT2D eigenvalue weighted by Crippen LogP contribution is -2.54. The van der Waals surface area contributed by atoms with E-state index >= 15 is 0 Å². The fourth-order valence-corrected chi connectivity index (χ4v) is 2.00. The first-order valence-corrected chi connectivity index (χ1v) is 6.18. The van der Waals surface area contributed by atoms with Crippen LogP contribution < -0.4 is 11.1 Å². The first-order valence-electron chi connectivity index (χ1n) is 6.18. The Morgan fingerprint density at radius 2 is 2.25 bits per heavy atom. The molecule has 0 aromatic heterocycles. The molecule has 3 N–H and O–H groups in total. The molecule has 0 bridgehead atoms. The number of nitrogens with two attached hydrogens (primary N) is 1. The maximum Gasteiger partial charge on any atom is 0.237 e. The van der Waals surface area contributed by atoms with Gasteiger partial charge < -0.3 is 11.1 Å². The molecule has 0 aromatic carbocycles. The van der Waals surface area contributed by atoms with Crippen molar-refractivity contribution in [2.24, 2.45) is 11.1 Å². The lowest BCUT2D eigenvalue weighted by atomic mass is 9.88. The SMILES string of the molecule is CC1C(=O)NCCN1CCCC(C)(C)CN. The second-order valence-electron chi connectivity index (χ2n) is 5.47. The Balaban J connectivity index is 2.29. The molecule has 4 nitrogen and oxygen atoms in total. The van der Waals surface area contributed by atoms with E-state index < -0.39 is 0 Å². The molecule has 0 aliphatic carbocycles. The molecule has 16 heavy (non-hydrogen) atoms. The summed E-state index contributed by atoms with van der Waals surface area (Å²) in [6, 6.07) is 0.0229. The van der Waals surface area contributed by atoms with Gasteiger partial charge in [-0.25, -0.2) is 0 Å². The summed E-state index contributed by atoms with van der Waals surface area (Å²) >= 11 is 0. The van der Waals surface area contributed by atoms with Gasteiger partial charge in [-0.1, -0.05) is 13.8 Å². The van der Waals surface area contributed by atoms with Gasteiger partial charge in [0, 0.05) is 13.1 Å². The second kappa shape index (κ2) is 5.64. The van der Waals surface area contributed by atoms with Crippen molar-refractivity contribution >= 4 is 5.91 Å². The van der Waals surface area contributed by atoms with Crippen molar-refractivity contribution in [3.8, 4) is 0 Å². The molecule has 1 heterocycles. The van der Waals surface area contributed by atoms with Gasteiger partial charge in [-0.05, 0) is 38.3 Å². The molecule has 0 aromatic rings. The largest absolute Gasteiger partial charge is 0.353 e. The number of carbonyl (C=O) groups excluding carboxylic acids is 1. The van der Waals surface area contributed by atoms with Crippen molar-refractivity contribution in [2.45, 2.75) is 39.7 Å². The smallest absolute Gasteiger partial charge is 0.237 e. The van der Waals surface area contributed by atoms with E-state index in [1.165, 1.54) is 0 Å². The fourth-order valence-electron chi connectivity index (χ4n) is 2.00. The number of nitrogens with one attached hydrogen (secondary N) is 1. The van der Waals surface area contributed by atoms with Crippen LogP contribution in [0.15, 0.2) is 0 Å². The van der Waals surface area contributed by atoms with Crippen LogP contribution in [-0.4, -0.2) is 43.0 Å². The van der Waals surface area contributed by atoms with Crippen molar-refractivity contribution in [1.29, 1.82) is 0 Å². The molecule has 4 heteroatoms. The standard InChI is InChI=1S/C12H25N3O/c1-10-11(16)14-6-8-15(10)7-4-5-12(2,3)9-13/h10H,4-9,13H2,1-3H3,(H,14,16). The summed E-state index contributed by atoms with van der Waals surface area (Å²) < 4.78 is 0. The minimum absolute atomic E-state index is 0.0229. The molecule has 1 aliphatic rings. The van der Waals surface area contributed by atoms with Crippen molar-refractivity contribution in [1.82, 2.24) is 10.2 Å². The zero-order valence-corrected chi connectivity index (χ0v) is 10.8. The Morgan fingerprint density at radius 3 is 2.88 bits per heavy atom. The van der Waals surface area contributed by atoms with E-state index in [4.69, 9.17) is 5.73 Å². The molecule has 94 valence electrons. The van der Waals surface area contributed by atoms with Gasteiger partial charge in [0.25, 0.3) is 0 Å². The Kier molecular flexibility index (Phi) is 4.74. The number of amides is 1. The third kappa shape index (κ3) is 3.76. The highest BCUT2D eigenvalue weighted by Gasteiger charge is 2.25. The lowest BCUT2D eigenvalue weighted by molar-refractivity contribution is -0.128. The van der Waals surface area contributed by atoms with E-state index in [1.54, 1.807) is 0 Å². The van der Waals surface area contributed by atoms with Crippen LogP contribution in [0.4, 0.5) is 0 Å². The molecular formula is C12H25N3O. The highest BCUT2D eigenvalue weighted by molar-refractivity contribution is 5.81. The zero-order valence-electron chi connectivity index (χ0n) is 10.8. The van der Waals surface area contributed by atoms with Crippen LogP contribution in [0, 0.1) is 5.41 Å². The normalized spacial score (nSPS) is 23.2. The lowest BCUT2D eigenvalue weighted by Gasteiger charge is -2.33. The Morgan fingerprint density at radius 1 is 1.56 bits per heavy atom. The maximum absolute atomic E-state index is 11.4. The number of hydrogen-bond donors (Lipinski definition) is 2. The van der Waals surface area contributed by atoms with Crippen LogP contribution >= 0.6 is 0 Å². The third-order valence-corrected chi connectivity index (χ3v) is 3.48. The zero-order chi connectivity index (χ0) is 12.2. The van der Waals surface area contributed by atoms with Crippen molar-refractivity contribution in [3.63, 3.8) is 0 Å². The van der Waals surface area contributed by atoms with Gasteiger partial charge in [0.15, 0.2) is 0 Å². The summed E-state index contributed by atoms with van der Waals surface area (Å²) in [4.78, 5) is 13.7. The summed E-state index contributed by atoms with van der Waals surface area (Å²) in [5.41, 5.74) is 5.92. The van der Waals surface area contributed by atoms with E-state index in [0.29, 0.717) is 0 Å². The monoisotopic (exact) mass is 227 g/mol. The highest BCUT2D eigenvalue weighted by atomic mass is 16.2. The number of piperazine rings is 1. The molecule has 1 unspecified atom stereocenters. The van der Waals surface area contributed by atoms with Gasteiger partial charge in [0.1, 0.15) is 0 Å². The third-order valence-electron chi connectivity index (χ3n) is 3.48. The molecule has 1 saturated heterocycles. The topological polar surface area (TPSA) is 58.4 Å². The van der Waals surface area contributed by atoms with Crippen LogP contribution in [0.5, 0.6) is 0 Å². The van der Waals surface area contributed by atoms with Gasteiger partial charge >= 0.3 is 0 Å². The van der Waals surface area contributed by atoms with Gasteiger partial charge in [0.05, 0.1) is 6.04 Å². The minimum Gasteiger partial charge on any atom is -0.353 e. The van der Waals surface area contributed by atoms with Crippen LogP contribution in [-0.2, 0) is 4.79 Å². The van der Waals surface area contributed by atoms with E-state index in [2.05, 4.69) is 24.1 Å². The number of carbonyl (C=O) groups is 1. The molecule has 1 fully saturated rings. The molecule has 1 rings (SSSR count). The summed E-state index contributed by atoms with van der Waals surface area (Å²) in [5.74, 6) is 0.157. The van der Waals surface area contributed by atoms with Crippen LogP contribution in [0.25, 0.3) is 0 Å². The van der Waals surface area contributed by atoms with Crippen molar-refractivity contribution < 1.29 is 4.79 Å². The van der Waals surface area contributed by atoms with E-state index in [1.807, 2.05) is 6.92 Å². The minimum atomic E-state index is 0.0229. The van der Waals surface area contributed by atoms with Gasteiger partial charge in [-0.3, -0.25) is 9.69 Å². The number of nitrogens with zero attached hydrogens (tertiary/aromatic N) is 1. The maximum atomic E-state index is 11.4. The van der Waals surface area contributed by atoms with Gasteiger partial charge in [0.2, 0.25) is 5.91 Å². The summed E-state index contributed by atoms with van der Waals surface area (Å²) in [5, 5.41) is 2.88. The van der Waals surface area contributed by atoms with Crippen LogP contribution in [0.2, 0.25) is 0 Å². The predicted molar refractivity (Wildman–Crippen MR) is 66.1 cm³/mol. The Hall–Kier alpha value is -0.610. The van der Waals surface area contributed by atoms with Crippen molar-refractivity contribution in [3.05, 3.63) is 0 Å². The van der Waals surface area contributed by atoms with E-state index in [0.717, 1.165) is 39.0 Å². The quantitative estimate of drug-likeness (QED) is 0.722. The molecule has 1 aliphatic heterocycles. The summed E-state index contributed by atoms with van der Waals surface area (Å²) in [6.07, 6.45) is 2.23. The first-order chi connectivity index (χ1) is 7.46. The highest BCUT2D eigenvalue weighted by Crippen LogP contribution is 2.20. The fraction of sp³-hybridized carbons (Fsp3) is 0.917. The van der Waals surface area contributed by atoms with Gasteiger partial charge in [-0.15, -0.1) is 0 Å².